The molecule has 214 valence electrons. The van der Waals surface area contributed by atoms with Gasteiger partial charge in [-0.25, -0.2) is 19.0 Å². The number of anilines is 2. The van der Waals surface area contributed by atoms with Gasteiger partial charge in [-0.3, -0.25) is 9.69 Å². The maximum Gasteiger partial charge on any atom is 0.246 e. The van der Waals surface area contributed by atoms with Crippen molar-refractivity contribution in [2.24, 2.45) is 0 Å². The van der Waals surface area contributed by atoms with Gasteiger partial charge in [0.2, 0.25) is 5.91 Å². The lowest BCUT2D eigenvalue weighted by Crippen LogP contribution is -2.47. The molecule has 0 unspecified atom stereocenters. The lowest BCUT2D eigenvalue weighted by Gasteiger charge is -2.38. The third-order valence-electron chi connectivity index (χ3n) is 8.11. The molecular weight excluding hydrogens is 530 g/mol. The first-order valence-electron chi connectivity index (χ1n) is 14.5. The molecular formula is C31H33N9O2. The average Bonchev–Trinajstić information content (AvgIpc) is 3.62. The van der Waals surface area contributed by atoms with Crippen molar-refractivity contribution in [3.8, 4) is 11.5 Å². The molecule has 0 saturated carbocycles. The van der Waals surface area contributed by atoms with Gasteiger partial charge in [-0.2, -0.15) is 10.2 Å². The molecule has 1 aromatic carbocycles. The van der Waals surface area contributed by atoms with E-state index in [0.29, 0.717) is 18.8 Å². The van der Waals surface area contributed by atoms with E-state index in [9.17, 15) is 4.79 Å². The number of hydrogen-bond acceptors (Lipinski definition) is 8. The SMILES string of the molecule is Cc1cc(Nc2ncnn3ccc(C4CN(C(=O)/C=C/CN5CCCCC5)C4)c23)ccc1Oc1ccn2ncnc2c1. The summed E-state index contributed by atoms with van der Waals surface area (Å²) in [6.07, 6.45) is 14.4. The molecule has 1 N–H and O–H groups in total. The number of benzene rings is 1. The predicted molar refractivity (Wildman–Crippen MR) is 159 cm³/mol. The average molecular weight is 564 g/mol. The van der Waals surface area contributed by atoms with Crippen molar-refractivity contribution in [3.05, 3.63) is 84.7 Å². The fourth-order valence-electron chi connectivity index (χ4n) is 5.77. The van der Waals surface area contributed by atoms with Crippen LogP contribution in [-0.4, -0.2) is 77.6 Å². The number of carbonyl (C=O) groups is 1. The van der Waals surface area contributed by atoms with Crippen molar-refractivity contribution in [2.45, 2.75) is 32.1 Å². The fourth-order valence-corrected chi connectivity index (χ4v) is 5.77. The largest absolute Gasteiger partial charge is 0.457 e. The number of aromatic nitrogens is 6. The Morgan fingerprint density at radius 3 is 2.67 bits per heavy atom. The van der Waals surface area contributed by atoms with Crippen LogP contribution in [0.3, 0.4) is 0 Å². The van der Waals surface area contributed by atoms with E-state index in [0.717, 1.165) is 59.2 Å². The fraction of sp³-hybridized carbons (Fsp3) is 0.323. The summed E-state index contributed by atoms with van der Waals surface area (Å²) in [4.78, 5) is 25.8. The minimum Gasteiger partial charge on any atom is -0.457 e. The van der Waals surface area contributed by atoms with Crippen molar-refractivity contribution >= 4 is 28.6 Å². The van der Waals surface area contributed by atoms with Crippen LogP contribution in [0.15, 0.2) is 73.6 Å². The quantitative estimate of drug-likeness (QED) is 0.274. The molecule has 0 aliphatic carbocycles. The topological polar surface area (TPSA) is 105 Å². The number of rotatable bonds is 8. The van der Waals surface area contributed by atoms with Crippen molar-refractivity contribution in [2.75, 3.05) is 38.0 Å². The van der Waals surface area contributed by atoms with Gasteiger partial charge in [-0.05, 0) is 74.3 Å². The number of pyridine rings is 1. The van der Waals surface area contributed by atoms with Crippen molar-refractivity contribution in [3.63, 3.8) is 0 Å². The smallest absolute Gasteiger partial charge is 0.246 e. The van der Waals surface area contributed by atoms with Gasteiger partial charge in [0.05, 0.1) is 0 Å². The Kier molecular flexibility index (Phi) is 7.00. The van der Waals surface area contributed by atoms with Crippen LogP contribution in [0.1, 0.15) is 36.3 Å². The molecule has 4 aromatic heterocycles. The molecule has 7 rings (SSSR count). The van der Waals surface area contributed by atoms with Gasteiger partial charge in [-0.15, -0.1) is 0 Å². The summed E-state index contributed by atoms with van der Waals surface area (Å²) < 4.78 is 9.67. The number of piperidine rings is 1. The van der Waals surface area contributed by atoms with Gasteiger partial charge in [0, 0.05) is 55.8 Å². The number of amides is 1. The van der Waals surface area contributed by atoms with Crippen LogP contribution >= 0.6 is 0 Å². The third-order valence-corrected chi connectivity index (χ3v) is 8.11. The first kappa shape index (κ1) is 26.1. The second kappa shape index (κ2) is 11.2. The second-order valence-electron chi connectivity index (χ2n) is 11.0. The number of carbonyl (C=O) groups excluding carboxylic acids is 1. The Balaban J connectivity index is 1.02. The van der Waals surface area contributed by atoms with E-state index in [2.05, 4.69) is 36.4 Å². The number of hydrogen-bond donors (Lipinski definition) is 1. The number of likely N-dealkylation sites (tertiary alicyclic amines) is 2. The molecule has 2 saturated heterocycles. The molecule has 11 nitrogen and oxygen atoms in total. The highest BCUT2D eigenvalue weighted by atomic mass is 16.5. The zero-order valence-corrected chi connectivity index (χ0v) is 23.6. The van der Waals surface area contributed by atoms with Crippen molar-refractivity contribution in [1.82, 2.24) is 39.0 Å². The number of nitrogens with one attached hydrogen (secondary N) is 1. The number of aryl methyl sites for hydroxylation is 1. The molecule has 0 bridgehead atoms. The van der Waals surface area contributed by atoms with Crippen molar-refractivity contribution < 1.29 is 9.53 Å². The Labute approximate surface area is 243 Å². The summed E-state index contributed by atoms with van der Waals surface area (Å²) in [5, 5.41) is 12.0. The molecule has 6 heterocycles. The Bertz CT molecular complexity index is 1760. The highest BCUT2D eigenvalue weighted by molar-refractivity contribution is 5.88. The van der Waals surface area contributed by atoms with Crippen LogP contribution in [0.2, 0.25) is 0 Å². The number of nitrogens with zero attached hydrogens (tertiary/aromatic N) is 8. The zero-order chi connectivity index (χ0) is 28.5. The minimum absolute atomic E-state index is 0.0838. The van der Waals surface area contributed by atoms with E-state index in [1.54, 1.807) is 16.9 Å². The van der Waals surface area contributed by atoms with E-state index >= 15 is 0 Å². The van der Waals surface area contributed by atoms with Crippen LogP contribution in [0, 0.1) is 6.92 Å². The maximum absolute atomic E-state index is 12.7. The Morgan fingerprint density at radius 1 is 1.00 bits per heavy atom. The summed E-state index contributed by atoms with van der Waals surface area (Å²) >= 11 is 0. The lowest BCUT2D eigenvalue weighted by atomic mass is 9.92. The van der Waals surface area contributed by atoms with E-state index in [1.807, 2.05) is 65.1 Å². The highest BCUT2D eigenvalue weighted by Gasteiger charge is 2.33. The van der Waals surface area contributed by atoms with Gasteiger partial charge in [-0.1, -0.05) is 12.5 Å². The van der Waals surface area contributed by atoms with Crippen LogP contribution < -0.4 is 10.1 Å². The molecule has 2 aliphatic heterocycles. The normalized spacial score (nSPS) is 16.4. The summed E-state index contributed by atoms with van der Waals surface area (Å²) in [7, 11) is 0. The number of ether oxygens (including phenoxy) is 1. The maximum atomic E-state index is 12.7. The lowest BCUT2D eigenvalue weighted by molar-refractivity contribution is -0.130. The predicted octanol–water partition coefficient (Wildman–Crippen LogP) is 4.58. The Morgan fingerprint density at radius 2 is 1.81 bits per heavy atom. The minimum atomic E-state index is 0.0838. The van der Waals surface area contributed by atoms with Crippen molar-refractivity contribution in [1.29, 1.82) is 0 Å². The Hall–Kier alpha value is -4.77. The van der Waals surface area contributed by atoms with Crippen LogP contribution in [0.25, 0.3) is 11.2 Å². The third kappa shape index (κ3) is 5.30. The van der Waals surface area contributed by atoms with E-state index in [4.69, 9.17) is 4.74 Å². The summed E-state index contributed by atoms with van der Waals surface area (Å²) in [5.74, 6) is 2.49. The van der Waals surface area contributed by atoms with Gasteiger partial charge in [0.25, 0.3) is 0 Å². The standard InChI is InChI=1S/C31H33N9O2/c1-22-16-24(7-8-27(22)42-25-9-14-39-28(17-25)32-20-34-39)36-31-30-26(10-15-40(30)35-21-33-31)23-18-38(19-23)29(41)6-5-13-37-11-3-2-4-12-37/h5-10,14-17,20-21,23H,2-4,11-13,18-19H2,1H3,(H,33,35,36)/b6-5+. The molecule has 0 atom stereocenters. The van der Waals surface area contributed by atoms with Gasteiger partial charge in [0.15, 0.2) is 11.5 Å². The van der Waals surface area contributed by atoms with Crippen LogP contribution in [0.4, 0.5) is 11.5 Å². The van der Waals surface area contributed by atoms with Crippen LogP contribution in [-0.2, 0) is 4.79 Å². The molecule has 5 aromatic rings. The molecule has 1 amide bonds. The molecule has 11 heteroatoms. The van der Waals surface area contributed by atoms with Gasteiger partial charge >= 0.3 is 0 Å². The van der Waals surface area contributed by atoms with Gasteiger partial charge < -0.3 is 15.0 Å². The molecule has 42 heavy (non-hydrogen) atoms. The molecule has 0 radical (unpaired) electrons. The molecule has 2 aliphatic rings. The first-order chi connectivity index (χ1) is 20.6. The van der Waals surface area contributed by atoms with E-state index in [1.165, 1.54) is 25.6 Å². The summed E-state index contributed by atoms with van der Waals surface area (Å²) in [5.41, 5.74) is 4.66. The highest BCUT2D eigenvalue weighted by Crippen LogP contribution is 2.35. The first-order valence-corrected chi connectivity index (χ1v) is 14.5. The summed E-state index contributed by atoms with van der Waals surface area (Å²) in [6, 6.07) is 11.7. The zero-order valence-electron chi connectivity index (χ0n) is 23.6. The van der Waals surface area contributed by atoms with E-state index in [-0.39, 0.29) is 11.8 Å². The number of fused-ring (bicyclic) bond motifs is 2. The molecule has 2 fully saturated rings. The monoisotopic (exact) mass is 563 g/mol. The second-order valence-corrected chi connectivity index (χ2v) is 11.0. The van der Waals surface area contributed by atoms with Gasteiger partial charge in [0.1, 0.15) is 29.7 Å². The van der Waals surface area contributed by atoms with E-state index < -0.39 is 0 Å². The molecule has 0 spiro atoms. The van der Waals surface area contributed by atoms with Crippen LogP contribution in [0.5, 0.6) is 11.5 Å². The summed E-state index contributed by atoms with van der Waals surface area (Å²) in [6.45, 7) is 6.49.